The topological polar surface area (TPSA) is 41.6 Å². The molecule has 0 saturated heterocycles. The fraction of sp³-hybridized carbons (Fsp3) is 0.171. The fourth-order valence-corrected chi connectivity index (χ4v) is 7.18. The second-order valence-corrected chi connectivity index (χ2v) is 13.2. The second kappa shape index (κ2) is 13.3. The first-order chi connectivity index (χ1) is 26.2. The molecule has 4 aromatic carbocycles. The van der Waals surface area contributed by atoms with Crippen LogP contribution >= 0.6 is 0 Å². The summed E-state index contributed by atoms with van der Waals surface area (Å²) in [7, 11) is 0. The molecule has 0 bridgehead atoms. The number of pyridine rings is 1. The zero-order valence-corrected chi connectivity index (χ0v) is 28.5. The molecular formula is C41H23F12N3. The summed E-state index contributed by atoms with van der Waals surface area (Å²) in [6.07, 6.45) is -17.4. The molecule has 0 radical (unpaired) electrons. The van der Waals surface area contributed by atoms with Crippen LogP contribution in [-0.2, 0) is 12.4 Å². The molecule has 0 fully saturated rings. The van der Waals surface area contributed by atoms with Crippen LogP contribution in [0.4, 0.5) is 52.7 Å². The average Bonchev–Trinajstić information content (AvgIpc) is 3.45. The third-order valence-corrected chi connectivity index (χ3v) is 9.76. The van der Waals surface area contributed by atoms with Crippen molar-refractivity contribution in [2.24, 2.45) is 0 Å². The summed E-state index contributed by atoms with van der Waals surface area (Å²) < 4.78 is 169. The summed E-state index contributed by atoms with van der Waals surface area (Å²) in [6.45, 7) is 1.67. The first kappa shape index (κ1) is 38.2. The number of nitrogens with zero attached hydrogens (tertiary/aromatic N) is 3. The SMILES string of the molecule is Cc1cc(-c2ccncc2)c(C#N)cc1-n1c2cc(-c3ccc(C(F)(F)F)cc3C(F)(F)F)ccc2c2ccc(C3CC=C(C(F)(F)F)C=C3C(F)(F)F)cc21. The number of allylic oxidation sites excluding steroid dienone is 4. The zero-order chi connectivity index (χ0) is 40.5. The summed E-state index contributed by atoms with van der Waals surface area (Å²) >= 11 is 0. The lowest BCUT2D eigenvalue weighted by Crippen LogP contribution is -2.24. The van der Waals surface area contributed by atoms with E-state index in [1.54, 1.807) is 25.1 Å². The maximum Gasteiger partial charge on any atom is 0.417 e. The minimum absolute atomic E-state index is 0.0110. The Hall–Kier alpha value is -6.04. The molecule has 0 saturated carbocycles. The van der Waals surface area contributed by atoms with Gasteiger partial charge < -0.3 is 4.57 Å². The molecule has 1 aliphatic rings. The number of rotatable bonds is 4. The lowest BCUT2D eigenvalue weighted by molar-refractivity contribution is -0.142. The van der Waals surface area contributed by atoms with Gasteiger partial charge in [-0.15, -0.1) is 0 Å². The Morgan fingerprint density at radius 1 is 0.661 bits per heavy atom. The standard InChI is InChI=1S/C41H23F12N3/c1-21-14-32(22-10-12-55-13-11-22)25(20-54)17-35(21)56-36-15-23(28-8-4-26(38(42,43)44)18-33(28)40(48,49)50)2-6-30(36)31-7-3-24(16-37(31)56)29-9-5-27(39(45,46)47)19-34(29)41(51,52)53/h2-8,10-19,29H,9H2,1H3. The first-order valence-corrected chi connectivity index (χ1v) is 16.6. The summed E-state index contributed by atoms with van der Waals surface area (Å²) in [5.74, 6) is -1.57. The van der Waals surface area contributed by atoms with Crippen molar-refractivity contribution >= 4 is 21.8 Å². The summed E-state index contributed by atoms with van der Waals surface area (Å²) in [4.78, 5) is 3.98. The van der Waals surface area contributed by atoms with Crippen molar-refractivity contribution < 1.29 is 52.7 Å². The molecule has 56 heavy (non-hydrogen) atoms. The van der Waals surface area contributed by atoms with Gasteiger partial charge in [0, 0.05) is 34.7 Å². The number of alkyl halides is 12. The molecule has 0 amide bonds. The minimum Gasteiger partial charge on any atom is -0.309 e. The molecule has 0 N–H and O–H groups in total. The molecule has 6 aromatic rings. The fourth-order valence-electron chi connectivity index (χ4n) is 7.18. The lowest BCUT2D eigenvalue weighted by Gasteiger charge is -2.27. The van der Waals surface area contributed by atoms with Gasteiger partial charge in [-0.05, 0) is 101 Å². The Kier molecular flexibility index (Phi) is 9.09. The molecule has 1 atom stereocenters. The van der Waals surface area contributed by atoms with Crippen molar-refractivity contribution in [3.63, 3.8) is 0 Å². The van der Waals surface area contributed by atoms with Gasteiger partial charge in [-0.3, -0.25) is 4.98 Å². The molecule has 286 valence electrons. The largest absolute Gasteiger partial charge is 0.417 e. The smallest absolute Gasteiger partial charge is 0.309 e. The van der Waals surface area contributed by atoms with E-state index in [-0.39, 0.29) is 45.6 Å². The molecule has 0 aliphatic heterocycles. The van der Waals surface area contributed by atoms with Crippen LogP contribution in [0.25, 0.3) is 49.7 Å². The van der Waals surface area contributed by atoms with E-state index in [1.165, 1.54) is 59.4 Å². The van der Waals surface area contributed by atoms with Crippen LogP contribution in [0.2, 0.25) is 0 Å². The molecule has 2 aromatic heterocycles. The number of aryl methyl sites for hydroxylation is 1. The van der Waals surface area contributed by atoms with Crippen LogP contribution in [-0.4, -0.2) is 21.9 Å². The van der Waals surface area contributed by atoms with Crippen molar-refractivity contribution in [1.29, 1.82) is 5.26 Å². The van der Waals surface area contributed by atoms with Gasteiger partial charge in [-0.25, -0.2) is 0 Å². The van der Waals surface area contributed by atoms with E-state index in [1.807, 2.05) is 0 Å². The van der Waals surface area contributed by atoms with Gasteiger partial charge in [-0.2, -0.15) is 57.9 Å². The van der Waals surface area contributed by atoms with Crippen molar-refractivity contribution in [1.82, 2.24) is 9.55 Å². The Bertz CT molecular complexity index is 2630. The van der Waals surface area contributed by atoms with Gasteiger partial charge in [0.05, 0.1) is 45.1 Å². The molecule has 3 nitrogen and oxygen atoms in total. The highest BCUT2D eigenvalue weighted by atomic mass is 19.4. The average molecular weight is 786 g/mol. The Morgan fingerprint density at radius 2 is 1.32 bits per heavy atom. The number of benzene rings is 4. The maximum atomic E-state index is 14.3. The number of halogens is 12. The van der Waals surface area contributed by atoms with E-state index < -0.39 is 64.9 Å². The highest BCUT2D eigenvalue weighted by molar-refractivity contribution is 6.10. The Morgan fingerprint density at radius 3 is 1.93 bits per heavy atom. The zero-order valence-electron chi connectivity index (χ0n) is 28.5. The molecule has 1 aliphatic carbocycles. The Labute approximate surface area is 309 Å². The highest BCUT2D eigenvalue weighted by Gasteiger charge is 2.44. The minimum atomic E-state index is -5.21. The highest BCUT2D eigenvalue weighted by Crippen LogP contribution is 2.48. The number of fused-ring (bicyclic) bond motifs is 3. The van der Waals surface area contributed by atoms with Gasteiger partial charge in [0.1, 0.15) is 0 Å². The third-order valence-electron chi connectivity index (χ3n) is 9.76. The van der Waals surface area contributed by atoms with Gasteiger partial charge in [-0.1, -0.05) is 36.4 Å². The van der Waals surface area contributed by atoms with Crippen LogP contribution in [0.3, 0.4) is 0 Å². The molecule has 15 heteroatoms. The van der Waals surface area contributed by atoms with E-state index in [2.05, 4.69) is 11.1 Å². The van der Waals surface area contributed by atoms with Gasteiger partial charge in [0.25, 0.3) is 0 Å². The summed E-state index contributed by atoms with van der Waals surface area (Å²) in [5, 5.41) is 11.0. The molecular weight excluding hydrogens is 762 g/mol. The van der Waals surface area contributed by atoms with Crippen LogP contribution in [0, 0.1) is 18.3 Å². The predicted octanol–water partition coefficient (Wildman–Crippen LogP) is 13.2. The monoisotopic (exact) mass is 785 g/mol. The van der Waals surface area contributed by atoms with Gasteiger partial charge >= 0.3 is 24.7 Å². The van der Waals surface area contributed by atoms with Gasteiger partial charge in [0.2, 0.25) is 0 Å². The van der Waals surface area contributed by atoms with E-state index >= 15 is 0 Å². The summed E-state index contributed by atoms with van der Waals surface area (Å²) in [6, 6.07) is 18.0. The number of hydrogen-bond donors (Lipinski definition) is 0. The van der Waals surface area contributed by atoms with Gasteiger partial charge in [0.15, 0.2) is 0 Å². The van der Waals surface area contributed by atoms with Crippen LogP contribution in [0.15, 0.2) is 115 Å². The molecule has 1 unspecified atom stereocenters. The van der Waals surface area contributed by atoms with E-state index in [9.17, 15) is 57.9 Å². The molecule has 0 spiro atoms. The van der Waals surface area contributed by atoms with Crippen molar-refractivity contribution in [2.45, 2.75) is 44.0 Å². The lowest BCUT2D eigenvalue weighted by atomic mass is 9.82. The quantitative estimate of drug-likeness (QED) is 0.167. The van der Waals surface area contributed by atoms with E-state index in [0.717, 1.165) is 0 Å². The van der Waals surface area contributed by atoms with Crippen molar-refractivity contribution in [3.8, 4) is 34.0 Å². The normalized spacial score (nSPS) is 15.5. The molecule has 2 heterocycles. The van der Waals surface area contributed by atoms with Crippen LogP contribution in [0.5, 0.6) is 0 Å². The number of aromatic nitrogens is 2. The molecule has 7 rings (SSSR count). The van der Waals surface area contributed by atoms with Crippen molar-refractivity contribution in [3.05, 3.63) is 142 Å². The van der Waals surface area contributed by atoms with Crippen LogP contribution < -0.4 is 0 Å². The van der Waals surface area contributed by atoms with E-state index in [0.29, 0.717) is 45.7 Å². The number of nitriles is 1. The second-order valence-electron chi connectivity index (χ2n) is 13.2. The van der Waals surface area contributed by atoms with Crippen LogP contribution in [0.1, 0.15) is 40.2 Å². The summed E-state index contributed by atoms with van der Waals surface area (Å²) in [5.41, 5.74) is -4.27. The predicted molar refractivity (Wildman–Crippen MR) is 185 cm³/mol. The maximum absolute atomic E-state index is 14.3. The third kappa shape index (κ3) is 6.88. The Balaban J connectivity index is 1.52. The van der Waals surface area contributed by atoms with E-state index in [4.69, 9.17) is 0 Å². The van der Waals surface area contributed by atoms with Crippen molar-refractivity contribution in [2.75, 3.05) is 0 Å². The number of hydrogen-bond acceptors (Lipinski definition) is 2. The first-order valence-electron chi connectivity index (χ1n) is 16.6.